The topological polar surface area (TPSA) is 72.6 Å². The third-order valence-corrected chi connectivity index (χ3v) is 5.68. The second-order valence-corrected chi connectivity index (χ2v) is 9.63. The molecule has 10 heteroatoms. The summed E-state index contributed by atoms with van der Waals surface area (Å²) in [6, 6.07) is 1.14. The lowest BCUT2D eigenvalue weighted by molar-refractivity contribution is 0.0565. The van der Waals surface area contributed by atoms with Crippen LogP contribution in [0, 0.1) is 0 Å². The Labute approximate surface area is 183 Å². The summed E-state index contributed by atoms with van der Waals surface area (Å²) >= 11 is 13.7. The number of hydrogen-bond donors (Lipinski definition) is 0. The Morgan fingerprint density at radius 3 is 2.45 bits per heavy atom. The van der Waals surface area contributed by atoms with Gasteiger partial charge in [-0.3, -0.25) is 4.90 Å². The number of thiazole rings is 1. The molecular formula is C19H23Cl2N5O2S. The van der Waals surface area contributed by atoms with Crippen LogP contribution in [0.5, 0.6) is 0 Å². The summed E-state index contributed by atoms with van der Waals surface area (Å²) in [6.45, 7) is 11.4. The number of ether oxygens (including phenoxy) is 1. The quantitative estimate of drug-likeness (QED) is 0.443. The molecule has 0 bridgehead atoms. The van der Waals surface area contributed by atoms with E-state index in [2.05, 4.69) is 15.1 Å². The highest BCUT2D eigenvalue weighted by atomic mass is 35.5. The summed E-state index contributed by atoms with van der Waals surface area (Å²) in [5, 5.41) is 7.49. The average molecular weight is 456 g/mol. The van der Waals surface area contributed by atoms with E-state index in [0.29, 0.717) is 21.6 Å². The normalized spacial score (nSPS) is 13.1. The lowest BCUT2D eigenvalue weighted by atomic mass is 10.1. The molecule has 3 aromatic heterocycles. The Kier molecular flexibility index (Phi) is 6.08. The van der Waals surface area contributed by atoms with Crippen molar-refractivity contribution in [3.63, 3.8) is 0 Å². The molecule has 156 valence electrons. The minimum atomic E-state index is -0.682. The highest BCUT2D eigenvalue weighted by molar-refractivity contribution is 7.10. The minimum absolute atomic E-state index is 0.191. The number of carbonyl (C=O) groups is 1. The van der Waals surface area contributed by atoms with E-state index in [4.69, 9.17) is 27.9 Å². The zero-order valence-corrected chi connectivity index (χ0v) is 19.4. The van der Waals surface area contributed by atoms with Gasteiger partial charge in [0.2, 0.25) is 0 Å². The molecule has 0 saturated carbocycles. The summed E-state index contributed by atoms with van der Waals surface area (Å²) in [4.78, 5) is 23.5. The second kappa shape index (κ2) is 8.08. The van der Waals surface area contributed by atoms with E-state index in [1.54, 1.807) is 22.2 Å². The van der Waals surface area contributed by atoms with Crippen LogP contribution in [0.1, 0.15) is 64.1 Å². The smallest absolute Gasteiger partial charge is 0.416 e. The van der Waals surface area contributed by atoms with Gasteiger partial charge in [-0.1, -0.05) is 37.0 Å². The van der Waals surface area contributed by atoms with Crippen molar-refractivity contribution in [3.8, 4) is 0 Å². The Bertz CT molecular complexity index is 1040. The molecule has 0 aliphatic carbocycles. The van der Waals surface area contributed by atoms with Crippen molar-refractivity contribution in [2.45, 2.75) is 59.1 Å². The molecule has 0 unspecified atom stereocenters. The van der Waals surface area contributed by atoms with Crippen LogP contribution in [-0.2, 0) is 4.74 Å². The summed E-state index contributed by atoms with van der Waals surface area (Å²) in [7, 11) is 0. The molecule has 29 heavy (non-hydrogen) atoms. The molecule has 0 N–H and O–H groups in total. The third-order valence-electron chi connectivity index (χ3n) is 4.15. The van der Waals surface area contributed by atoms with Gasteiger partial charge in [0.05, 0.1) is 12.2 Å². The largest absolute Gasteiger partial charge is 0.443 e. The number of rotatable bonds is 4. The van der Waals surface area contributed by atoms with Gasteiger partial charge < -0.3 is 4.74 Å². The Hall–Kier alpha value is -1.90. The SMILES string of the molecule is CC(C)c1cnn2c(N(C(=O)OC(C)(C)C)[C@@H](C)c3nc(Cl)cs3)cc(Cl)nc12. The van der Waals surface area contributed by atoms with Gasteiger partial charge in [0.1, 0.15) is 26.7 Å². The maximum absolute atomic E-state index is 13.2. The lowest BCUT2D eigenvalue weighted by Gasteiger charge is -2.31. The van der Waals surface area contributed by atoms with Gasteiger partial charge in [0.15, 0.2) is 5.65 Å². The van der Waals surface area contributed by atoms with Crippen molar-refractivity contribution < 1.29 is 9.53 Å². The third kappa shape index (κ3) is 4.65. The van der Waals surface area contributed by atoms with Gasteiger partial charge in [-0.2, -0.15) is 9.61 Å². The van der Waals surface area contributed by atoms with E-state index in [1.165, 1.54) is 16.2 Å². The van der Waals surface area contributed by atoms with Gasteiger partial charge in [0, 0.05) is 17.0 Å². The summed E-state index contributed by atoms with van der Waals surface area (Å²) in [5.74, 6) is 0.636. The number of anilines is 1. The number of aromatic nitrogens is 4. The first-order valence-electron chi connectivity index (χ1n) is 9.15. The molecule has 0 saturated heterocycles. The molecule has 0 spiro atoms. The maximum Gasteiger partial charge on any atom is 0.416 e. The molecule has 0 aliphatic heterocycles. The number of halogens is 2. The van der Waals surface area contributed by atoms with Gasteiger partial charge in [-0.05, 0) is 33.6 Å². The Morgan fingerprint density at radius 1 is 1.21 bits per heavy atom. The standard InChI is InChI=1S/C19H23Cl2N5O2S/c1-10(2)12-8-22-26-15(7-13(20)23-16(12)26)25(18(27)28-19(4,5)6)11(3)17-24-14(21)9-29-17/h7-11H,1-6H3/t11-/m0/s1. The van der Waals surface area contributed by atoms with Gasteiger partial charge in [-0.25, -0.2) is 14.8 Å². The van der Waals surface area contributed by atoms with E-state index >= 15 is 0 Å². The zero-order chi connectivity index (χ0) is 21.5. The molecule has 3 rings (SSSR count). The van der Waals surface area contributed by atoms with Crippen LogP contribution in [-0.4, -0.2) is 31.3 Å². The van der Waals surface area contributed by atoms with Crippen molar-refractivity contribution in [3.05, 3.63) is 38.5 Å². The summed E-state index contributed by atoms with van der Waals surface area (Å²) < 4.78 is 7.28. The van der Waals surface area contributed by atoms with E-state index in [9.17, 15) is 4.79 Å². The number of amides is 1. The predicted molar refractivity (Wildman–Crippen MR) is 116 cm³/mol. The molecule has 1 atom stereocenters. The van der Waals surface area contributed by atoms with Crippen molar-refractivity contribution in [2.75, 3.05) is 4.90 Å². The molecule has 0 radical (unpaired) electrons. The van der Waals surface area contributed by atoms with Crippen molar-refractivity contribution in [1.82, 2.24) is 19.6 Å². The minimum Gasteiger partial charge on any atom is -0.443 e. The van der Waals surface area contributed by atoms with Crippen molar-refractivity contribution in [1.29, 1.82) is 0 Å². The first-order valence-corrected chi connectivity index (χ1v) is 10.8. The Balaban J connectivity index is 2.19. The van der Waals surface area contributed by atoms with Crippen LogP contribution in [0.25, 0.3) is 5.65 Å². The number of fused-ring (bicyclic) bond motifs is 1. The first kappa shape index (κ1) is 21.8. The zero-order valence-electron chi connectivity index (χ0n) is 17.1. The average Bonchev–Trinajstić information content (AvgIpc) is 3.19. The molecule has 0 fully saturated rings. The number of carbonyl (C=O) groups excluding carboxylic acids is 1. The fourth-order valence-electron chi connectivity index (χ4n) is 2.84. The van der Waals surface area contributed by atoms with Crippen LogP contribution in [0.15, 0.2) is 17.6 Å². The highest BCUT2D eigenvalue weighted by Crippen LogP contribution is 2.34. The monoisotopic (exact) mass is 455 g/mol. The lowest BCUT2D eigenvalue weighted by Crippen LogP contribution is -2.39. The van der Waals surface area contributed by atoms with Crippen molar-refractivity contribution in [2.24, 2.45) is 0 Å². The van der Waals surface area contributed by atoms with E-state index in [0.717, 1.165) is 5.56 Å². The van der Waals surface area contributed by atoms with E-state index in [1.807, 2.05) is 41.5 Å². The van der Waals surface area contributed by atoms with Gasteiger partial charge in [0.25, 0.3) is 0 Å². The van der Waals surface area contributed by atoms with Gasteiger partial charge in [-0.15, -0.1) is 11.3 Å². The number of nitrogens with zero attached hydrogens (tertiary/aromatic N) is 5. The maximum atomic E-state index is 13.2. The first-order chi connectivity index (χ1) is 13.5. The molecular weight excluding hydrogens is 433 g/mol. The van der Waals surface area contributed by atoms with Crippen LogP contribution in [0.4, 0.5) is 10.6 Å². The van der Waals surface area contributed by atoms with Crippen molar-refractivity contribution >= 4 is 52.1 Å². The predicted octanol–water partition coefficient (Wildman–Crippen LogP) is 6.12. The molecule has 7 nitrogen and oxygen atoms in total. The van der Waals surface area contributed by atoms with E-state index < -0.39 is 17.7 Å². The summed E-state index contributed by atoms with van der Waals surface area (Å²) in [6.07, 6.45) is 1.20. The highest BCUT2D eigenvalue weighted by Gasteiger charge is 2.32. The molecule has 3 aromatic rings. The molecule has 1 amide bonds. The van der Waals surface area contributed by atoms with Crippen LogP contribution in [0.3, 0.4) is 0 Å². The van der Waals surface area contributed by atoms with Crippen LogP contribution in [0.2, 0.25) is 10.3 Å². The van der Waals surface area contributed by atoms with E-state index in [-0.39, 0.29) is 11.1 Å². The number of hydrogen-bond acceptors (Lipinski definition) is 6. The van der Waals surface area contributed by atoms with Gasteiger partial charge >= 0.3 is 6.09 Å². The second-order valence-electron chi connectivity index (χ2n) is 7.96. The Morgan fingerprint density at radius 2 is 1.90 bits per heavy atom. The summed E-state index contributed by atoms with van der Waals surface area (Å²) in [5.41, 5.74) is 0.849. The van der Waals surface area contributed by atoms with Crippen LogP contribution >= 0.6 is 34.5 Å². The molecule has 0 aromatic carbocycles. The molecule has 0 aliphatic rings. The fraction of sp³-hybridized carbons (Fsp3) is 0.474. The van der Waals surface area contributed by atoms with Crippen LogP contribution < -0.4 is 4.90 Å². The fourth-order valence-corrected chi connectivity index (χ4v) is 4.02. The molecule has 3 heterocycles.